The first-order valence-corrected chi connectivity index (χ1v) is 6.11. The Morgan fingerprint density at radius 2 is 2.20 bits per heavy atom. The zero-order valence-corrected chi connectivity index (χ0v) is 11.3. The molecule has 0 spiro atoms. The van der Waals surface area contributed by atoms with E-state index < -0.39 is 10.8 Å². The van der Waals surface area contributed by atoms with Gasteiger partial charge in [-0.2, -0.15) is 0 Å². The summed E-state index contributed by atoms with van der Waals surface area (Å²) in [5, 5.41) is 10.6. The predicted octanol–water partition coefficient (Wildman–Crippen LogP) is 0.557. The van der Waals surface area contributed by atoms with Crippen molar-refractivity contribution in [2.75, 3.05) is 26.7 Å². The number of nitrogens with zero attached hydrogens (tertiary/aromatic N) is 4. The Hall–Kier alpha value is -2.22. The van der Waals surface area contributed by atoms with Gasteiger partial charge in [-0.1, -0.05) is 11.6 Å². The number of nitro groups is 1. The molecule has 106 valence electrons. The maximum Gasteiger partial charge on any atom is 0.288 e. The Labute approximate surface area is 119 Å². The summed E-state index contributed by atoms with van der Waals surface area (Å²) in [6, 6.07) is 1.07. The van der Waals surface area contributed by atoms with Crippen molar-refractivity contribution in [3.05, 3.63) is 33.1 Å². The molecule has 0 atom stereocenters. The Balaban J connectivity index is 2.27. The molecule has 9 heteroatoms. The summed E-state index contributed by atoms with van der Waals surface area (Å²) in [4.78, 5) is 40.3. The first kappa shape index (κ1) is 14.2. The van der Waals surface area contributed by atoms with E-state index in [9.17, 15) is 19.7 Å². The van der Waals surface area contributed by atoms with Gasteiger partial charge in [-0.3, -0.25) is 19.7 Å². The minimum Gasteiger partial charge on any atom is -0.342 e. The van der Waals surface area contributed by atoms with Gasteiger partial charge in [0.05, 0.1) is 10.5 Å². The molecule has 0 aromatic carbocycles. The Kier molecular flexibility index (Phi) is 3.84. The second-order valence-electron chi connectivity index (χ2n) is 4.33. The Bertz CT molecular complexity index is 592. The second kappa shape index (κ2) is 5.41. The normalized spacial score (nSPS) is 15.4. The van der Waals surface area contributed by atoms with Crippen LogP contribution in [0, 0.1) is 10.1 Å². The molecule has 0 unspecified atom stereocenters. The van der Waals surface area contributed by atoms with Gasteiger partial charge in [0.25, 0.3) is 11.6 Å². The largest absolute Gasteiger partial charge is 0.342 e. The van der Waals surface area contributed by atoms with Gasteiger partial charge < -0.3 is 9.80 Å². The van der Waals surface area contributed by atoms with E-state index in [0.717, 1.165) is 12.3 Å². The number of carbonyl (C=O) groups is 2. The van der Waals surface area contributed by atoms with Crippen LogP contribution < -0.4 is 0 Å². The lowest BCUT2D eigenvalue weighted by Crippen LogP contribution is -2.50. The van der Waals surface area contributed by atoms with E-state index in [-0.39, 0.29) is 28.9 Å². The van der Waals surface area contributed by atoms with Crippen molar-refractivity contribution in [3.8, 4) is 0 Å². The lowest BCUT2D eigenvalue weighted by Gasteiger charge is -2.32. The molecule has 2 rings (SSSR count). The fourth-order valence-corrected chi connectivity index (χ4v) is 1.97. The Morgan fingerprint density at radius 1 is 1.50 bits per heavy atom. The van der Waals surface area contributed by atoms with Crippen molar-refractivity contribution < 1.29 is 14.5 Å². The van der Waals surface area contributed by atoms with Crippen LogP contribution in [0.25, 0.3) is 0 Å². The van der Waals surface area contributed by atoms with Crippen molar-refractivity contribution in [2.45, 2.75) is 0 Å². The lowest BCUT2D eigenvalue weighted by molar-refractivity contribution is -0.385. The van der Waals surface area contributed by atoms with Crippen LogP contribution in [0.5, 0.6) is 0 Å². The maximum absolute atomic E-state index is 12.3. The molecule has 1 aromatic rings. The maximum atomic E-state index is 12.3. The van der Waals surface area contributed by atoms with E-state index in [1.54, 1.807) is 7.05 Å². The van der Waals surface area contributed by atoms with Crippen molar-refractivity contribution in [1.29, 1.82) is 0 Å². The molecule has 0 bridgehead atoms. The summed E-state index contributed by atoms with van der Waals surface area (Å²) < 4.78 is 0. The highest BCUT2D eigenvalue weighted by atomic mass is 35.5. The van der Waals surface area contributed by atoms with Crippen molar-refractivity contribution >= 4 is 29.1 Å². The molecule has 0 radical (unpaired) electrons. The highest BCUT2D eigenvalue weighted by Crippen LogP contribution is 2.21. The van der Waals surface area contributed by atoms with Crippen LogP contribution >= 0.6 is 11.6 Å². The third-order valence-electron chi connectivity index (χ3n) is 3.01. The van der Waals surface area contributed by atoms with Crippen molar-refractivity contribution in [2.24, 2.45) is 0 Å². The van der Waals surface area contributed by atoms with Crippen LogP contribution in [0.1, 0.15) is 10.4 Å². The molecule has 20 heavy (non-hydrogen) atoms. The summed E-state index contributed by atoms with van der Waals surface area (Å²) in [5.41, 5.74) is -0.392. The van der Waals surface area contributed by atoms with E-state index in [4.69, 9.17) is 11.6 Å². The zero-order valence-electron chi connectivity index (χ0n) is 10.6. The number of likely N-dealkylation sites (N-methyl/N-ethyl adjacent to an activating group) is 1. The van der Waals surface area contributed by atoms with E-state index in [1.807, 2.05) is 0 Å². The number of aromatic nitrogens is 1. The number of rotatable bonds is 2. The van der Waals surface area contributed by atoms with Gasteiger partial charge in [0.15, 0.2) is 0 Å². The van der Waals surface area contributed by atoms with Gasteiger partial charge >= 0.3 is 0 Å². The van der Waals surface area contributed by atoms with Gasteiger partial charge in [0, 0.05) is 26.2 Å². The highest BCUT2D eigenvalue weighted by Gasteiger charge is 2.28. The van der Waals surface area contributed by atoms with Crippen LogP contribution in [-0.4, -0.2) is 58.2 Å². The highest BCUT2D eigenvalue weighted by molar-refractivity contribution is 6.32. The average molecular weight is 299 g/mol. The van der Waals surface area contributed by atoms with Crippen LogP contribution in [0.4, 0.5) is 5.69 Å². The average Bonchev–Trinajstić information content (AvgIpc) is 2.41. The SMILES string of the molecule is CN1CCN(C(=O)c2cc([N+](=O)[O-])cnc2Cl)CC1=O. The molecule has 1 fully saturated rings. The molecule has 1 aliphatic heterocycles. The molecule has 1 aromatic heterocycles. The van der Waals surface area contributed by atoms with E-state index >= 15 is 0 Å². The number of hydrogen-bond acceptors (Lipinski definition) is 5. The molecule has 0 aliphatic carbocycles. The topological polar surface area (TPSA) is 96.7 Å². The first-order valence-electron chi connectivity index (χ1n) is 5.73. The predicted molar refractivity (Wildman–Crippen MR) is 69.4 cm³/mol. The number of hydrogen-bond donors (Lipinski definition) is 0. The summed E-state index contributed by atoms with van der Waals surface area (Å²) in [5.74, 6) is -0.730. The third kappa shape index (κ3) is 2.69. The minimum atomic E-state index is -0.657. The molecule has 0 N–H and O–H groups in total. The fraction of sp³-hybridized carbons (Fsp3) is 0.364. The summed E-state index contributed by atoms with van der Waals surface area (Å²) >= 11 is 5.80. The van der Waals surface area contributed by atoms with Crippen LogP contribution in [0.2, 0.25) is 5.15 Å². The van der Waals surface area contributed by atoms with Gasteiger partial charge in [-0.15, -0.1) is 0 Å². The summed E-state index contributed by atoms with van der Waals surface area (Å²) in [7, 11) is 1.64. The standard InChI is InChI=1S/C11H11ClN4O4/c1-14-2-3-15(6-9(14)17)11(18)8-4-7(16(19)20)5-13-10(8)12/h4-5H,2-3,6H2,1H3. The van der Waals surface area contributed by atoms with E-state index in [0.29, 0.717) is 13.1 Å². The molecule has 1 aliphatic rings. The van der Waals surface area contributed by atoms with E-state index in [1.165, 1.54) is 9.80 Å². The molecule has 0 saturated carbocycles. The number of halogens is 1. The third-order valence-corrected chi connectivity index (χ3v) is 3.31. The van der Waals surface area contributed by atoms with Gasteiger partial charge in [0.1, 0.15) is 17.9 Å². The molecule has 2 heterocycles. The zero-order chi connectivity index (χ0) is 14.9. The molecular formula is C11H11ClN4O4. The number of amides is 2. The monoisotopic (exact) mass is 298 g/mol. The van der Waals surface area contributed by atoms with Crippen molar-refractivity contribution in [1.82, 2.24) is 14.8 Å². The van der Waals surface area contributed by atoms with Gasteiger partial charge in [-0.05, 0) is 0 Å². The Morgan fingerprint density at radius 3 is 2.80 bits per heavy atom. The van der Waals surface area contributed by atoms with Crippen molar-refractivity contribution in [3.63, 3.8) is 0 Å². The van der Waals surface area contributed by atoms with E-state index in [2.05, 4.69) is 4.98 Å². The summed E-state index contributed by atoms with van der Waals surface area (Å²) in [6.45, 7) is 0.680. The number of piperazine rings is 1. The minimum absolute atomic E-state index is 0.0711. The molecule has 2 amide bonds. The quantitative estimate of drug-likeness (QED) is 0.451. The van der Waals surface area contributed by atoms with Crippen LogP contribution in [0.3, 0.4) is 0 Å². The smallest absolute Gasteiger partial charge is 0.288 e. The molecular weight excluding hydrogens is 288 g/mol. The first-order chi connectivity index (χ1) is 9.40. The second-order valence-corrected chi connectivity index (χ2v) is 4.69. The number of pyridine rings is 1. The van der Waals surface area contributed by atoms with Crippen LogP contribution in [-0.2, 0) is 4.79 Å². The molecule has 8 nitrogen and oxygen atoms in total. The lowest BCUT2D eigenvalue weighted by atomic mass is 10.2. The van der Waals surface area contributed by atoms with Gasteiger partial charge in [0.2, 0.25) is 5.91 Å². The number of carbonyl (C=O) groups excluding carboxylic acids is 2. The van der Waals surface area contributed by atoms with Crippen LogP contribution in [0.15, 0.2) is 12.3 Å². The molecule has 1 saturated heterocycles. The fourth-order valence-electron chi connectivity index (χ4n) is 1.79. The van der Waals surface area contributed by atoms with Gasteiger partial charge in [-0.25, -0.2) is 4.98 Å². The summed E-state index contributed by atoms with van der Waals surface area (Å²) in [6.07, 6.45) is 0.980.